The zero-order valence-corrected chi connectivity index (χ0v) is 10.7. The summed E-state index contributed by atoms with van der Waals surface area (Å²) in [6, 6.07) is 5.68. The minimum absolute atomic E-state index is 0.196. The quantitative estimate of drug-likeness (QED) is 0.671. The maximum atomic E-state index is 11.2. The molecule has 0 unspecified atom stereocenters. The van der Waals surface area contributed by atoms with Crippen molar-refractivity contribution in [3.05, 3.63) is 45.7 Å². The number of fused-ring (bicyclic) bond motifs is 1. The van der Waals surface area contributed by atoms with Crippen LogP contribution >= 0.6 is 0 Å². The highest BCUT2D eigenvalue weighted by atomic mass is 16.5. The largest absolute Gasteiger partial charge is 0.381 e. The standard InChI is InChI=1S/C13H14N4O2/c1-7-10(8(2)19-17-7)6-14-9-3-4-11-12(5-9)16-13(18)15-11/h3-5,14H,6H2,1-2H3,(H2,15,16,18). The first-order valence-corrected chi connectivity index (χ1v) is 6.01. The molecule has 0 aliphatic carbocycles. The molecule has 6 nitrogen and oxygen atoms in total. The molecular weight excluding hydrogens is 244 g/mol. The van der Waals surface area contributed by atoms with Crippen LogP contribution in [-0.4, -0.2) is 15.1 Å². The Bertz CT molecular complexity index is 762. The molecule has 0 bridgehead atoms. The zero-order chi connectivity index (χ0) is 13.4. The van der Waals surface area contributed by atoms with E-state index in [0.29, 0.717) is 6.54 Å². The maximum absolute atomic E-state index is 11.2. The van der Waals surface area contributed by atoms with Crippen molar-refractivity contribution in [3.8, 4) is 0 Å². The Hall–Kier alpha value is -2.50. The van der Waals surface area contributed by atoms with Gasteiger partial charge in [0.15, 0.2) is 0 Å². The van der Waals surface area contributed by atoms with Gasteiger partial charge in [0.05, 0.1) is 16.7 Å². The lowest BCUT2D eigenvalue weighted by atomic mass is 10.2. The maximum Gasteiger partial charge on any atom is 0.323 e. The lowest BCUT2D eigenvalue weighted by molar-refractivity contribution is 0.392. The average molecular weight is 258 g/mol. The van der Waals surface area contributed by atoms with Crippen molar-refractivity contribution in [2.45, 2.75) is 20.4 Å². The SMILES string of the molecule is Cc1noc(C)c1CNc1ccc2[nH]c(=O)[nH]c2c1. The number of benzene rings is 1. The molecule has 0 fully saturated rings. The number of imidazole rings is 1. The van der Waals surface area contributed by atoms with Gasteiger partial charge in [-0.05, 0) is 32.0 Å². The summed E-state index contributed by atoms with van der Waals surface area (Å²) in [5.41, 5.74) is 4.27. The Kier molecular flexibility index (Phi) is 2.63. The molecule has 0 atom stereocenters. The van der Waals surface area contributed by atoms with Crippen molar-refractivity contribution in [1.29, 1.82) is 0 Å². The second-order valence-corrected chi connectivity index (χ2v) is 4.50. The van der Waals surface area contributed by atoms with E-state index >= 15 is 0 Å². The van der Waals surface area contributed by atoms with Crippen LogP contribution in [0.25, 0.3) is 11.0 Å². The van der Waals surface area contributed by atoms with E-state index in [4.69, 9.17) is 4.52 Å². The number of hydrogen-bond donors (Lipinski definition) is 3. The Morgan fingerprint density at radius 1 is 1.26 bits per heavy atom. The number of aromatic nitrogens is 3. The number of aromatic amines is 2. The van der Waals surface area contributed by atoms with Crippen LogP contribution < -0.4 is 11.0 Å². The van der Waals surface area contributed by atoms with Crippen molar-refractivity contribution in [1.82, 2.24) is 15.1 Å². The Morgan fingerprint density at radius 3 is 2.79 bits per heavy atom. The average Bonchev–Trinajstić information content (AvgIpc) is 2.89. The third-order valence-electron chi connectivity index (χ3n) is 3.17. The molecule has 0 saturated heterocycles. The predicted octanol–water partition coefficient (Wildman–Crippen LogP) is 2.07. The van der Waals surface area contributed by atoms with Gasteiger partial charge in [-0.1, -0.05) is 5.16 Å². The van der Waals surface area contributed by atoms with Gasteiger partial charge >= 0.3 is 5.69 Å². The molecule has 0 radical (unpaired) electrons. The number of nitrogens with one attached hydrogen (secondary N) is 3. The van der Waals surface area contributed by atoms with E-state index in [2.05, 4.69) is 20.4 Å². The summed E-state index contributed by atoms with van der Waals surface area (Å²) in [4.78, 5) is 16.6. The van der Waals surface area contributed by atoms with Gasteiger partial charge in [-0.2, -0.15) is 0 Å². The molecule has 0 saturated carbocycles. The topological polar surface area (TPSA) is 86.7 Å². The predicted molar refractivity (Wildman–Crippen MR) is 72.2 cm³/mol. The molecule has 98 valence electrons. The molecule has 0 aliphatic rings. The lowest BCUT2D eigenvalue weighted by Crippen LogP contribution is -2.01. The van der Waals surface area contributed by atoms with Gasteiger partial charge in [0.2, 0.25) is 0 Å². The fourth-order valence-corrected chi connectivity index (χ4v) is 2.09. The molecule has 0 amide bonds. The number of aryl methyl sites for hydroxylation is 2. The Balaban J connectivity index is 1.83. The van der Waals surface area contributed by atoms with Crippen molar-refractivity contribution in [2.75, 3.05) is 5.32 Å². The van der Waals surface area contributed by atoms with Gasteiger partial charge in [0.1, 0.15) is 5.76 Å². The molecule has 6 heteroatoms. The summed E-state index contributed by atoms with van der Waals surface area (Å²) in [5, 5.41) is 7.21. The molecule has 0 aliphatic heterocycles. The number of anilines is 1. The molecule has 1 aromatic carbocycles. The van der Waals surface area contributed by atoms with Gasteiger partial charge in [0, 0.05) is 17.8 Å². The van der Waals surface area contributed by atoms with E-state index in [0.717, 1.165) is 33.7 Å². The van der Waals surface area contributed by atoms with Crippen LogP contribution in [0.15, 0.2) is 27.5 Å². The summed E-state index contributed by atoms with van der Waals surface area (Å²) in [5.74, 6) is 0.820. The highest BCUT2D eigenvalue weighted by Gasteiger charge is 2.08. The van der Waals surface area contributed by atoms with E-state index < -0.39 is 0 Å². The second kappa shape index (κ2) is 4.31. The molecule has 0 spiro atoms. The minimum Gasteiger partial charge on any atom is -0.381 e. The highest BCUT2D eigenvalue weighted by Crippen LogP contribution is 2.18. The van der Waals surface area contributed by atoms with Crippen molar-refractivity contribution < 1.29 is 4.52 Å². The van der Waals surface area contributed by atoms with Gasteiger partial charge < -0.3 is 19.8 Å². The third-order valence-corrected chi connectivity index (χ3v) is 3.17. The monoisotopic (exact) mass is 258 g/mol. The summed E-state index contributed by atoms with van der Waals surface area (Å²) in [6.45, 7) is 4.45. The Morgan fingerprint density at radius 2 is 2.05 bits per heavy atom. The highest BCUT2D eigenvalue weighted by molar-refractivity contribution is 5.78. The van der Waals surface area contributed by atoms with Gasteiger partial charge in [0.25, 0.3) is 0 Å². The summed E-state index contributed by atoms with van der Waals surface area (Å²) >= 11 is 0. The van der Waals surface area contributed by atoms with E-state index in [-0.39, 0.29) is 5.69 Å². The number of rotatable bonds is 3. The fourth-order valence-electron chi connectivity index (χ4n) is 2.09. The van der Waals surface area contributed by atoms with Crippen LogP contribution in [0.4, 0.5) is 5.69 Å². The van der Waals surface area contributed by atoms with E-state index in [1.165, 1.54) is 0 Å². The first-order valence-electron chi connectivity index (χ1n) is 6.01. The fraction of sp³-hybridized carbons (Fsp3) is 0.231. The molecule has 3 rings (SSSR count). The molecule has 3 N–H and O–H groups in total. The first-order chi connectivity index (χ1) is 9.13. The van der Waals surface area contributed by atoms with Crippen LogP contribution in [0.3, 0.4) is 0 Å². The summed E-state index contributed by atoms with van der Waals surface area (Å²) < 4.78 is 5.11. The second-order valence-electron chi connectivity index (χ2n) is 4.50. The third kappa shape index (κ3) is 2.12. The first kappa shape index (κ1) is 11.6. The smallest absolute Gasteiger partial charge is 0.323 e. The molecular formula is C13H14N4O2. The summed E-state index contributed by atoms with van der Waals surface area (Å²) in [6.07, 6.45) is 0. The van der Waals surface area contributed by atoms with Crippen molar-refractivity contribution >= 4 is 16.7 Å². The van der Waals surface area contributed by atoms with Gasteiger partial charge in [-0.25, -0.2) is 4.79 Å². The molecule has 2 aromatic heterocycles. The van der Waals surface area contributed by atoms with Crippen LogP contribution in [0.2, 0.25) is 0 Å². The molecule has 19 heavy (non-hydrogen) atoms. The normalized spacial score (nSPS) is 11.1. The number of nitrogens with zero attached hydrogens (tertiary/aromatic N) is 1. The molecule has 3 aromatic rings. The van der Waals surface area contributed by atoms with E-state index in [1.54, 1.807) is 0 Å². The van der Waals surface area contributed by atoms with Crippen LogP contribution in [0, 0.1) is 13.8 Å². The van der Waals surface area contributed by atoms with Crippen molar-refractivity contribution in [2.24, 2.45) is 0 Å². The minimum atomic E-state index is -0.196. The molecule has 2 heterocycles. The van der Waals surface area contributed by atoms with Gasteiger partial charge in [-0.15, -0.1) is 0 Å². The van der Waals surface area contributed by atoms with E-state index in [9.17, 15) is 4.79 Å². The Labute approximate surface area is 108 Å². The number of hydrogen-bond acceptors (Lipinski definition) is 4. The van der Waals surface area contributed by atoms with Crippen LogP contribution in [0.1, 0.15) is 17.0 Å². The summed E-state index contributed by atoms with van der Waals surface area (Å²) in [7, 11) is 0. The van der Waals surface area contributed by atoms with Gasteiger partial charge in [-0.3, -0.25) is 0 Å². The zero-order valence-electron chi connectivity index (χ0n) is 10.7. The van der Waals surface area contributed by atoms with E-state index in [1.807, 2.05) is 32.0 Å². The number of H-pyrrole nitrogens is 2. The lowest BCUT2D eigenvalue weighted by Gasteiger charge is -2.05. The van der Waals surface area contributed by atoms with Crippen molar-refractivity contribution in [3.63, 3.8) is 0 Å². The van der Waals surface area contributed by atoms with Crippen LogP contribution in [-0.2, 0) is 6.54 Å². The van der Waals surface area contributed by atoms with Crippen LogP contribution in [0.5, 0.6) is 0 Å².